The van der Waals surface area contributed by atoms with Gasteiger partial charge in [-0.15, -0.1) is 0 Å². The smallest absolute Gasteiger partial charge is 0.193 e. The molecular formula is C21H27N3O3. The third-order valence-electron chi connectivity index (χ3n) is 4.50. The second-order valence-corrected chi connectivity index (χ2v) is 6.71. The first-order chi connectivity index (χ1) is 13.1. The molecule has 27 heavy (non-hydrogen) atoms. The van der Waals surface area contributed by atoms with Gasteiger partial charge in [-0.1, -0.05) is 12.1 Å². The first-order valence-electron chi connectivity index (χ1n) is 9.15. The van der Waals surface area contributed by atoms with E-state index in [1.54, 1.807) is 7.11 Å². The fourth-order valence-corrected chi connectivity index (χ4v) is 2.88. The molecule has 1 atom stereocenters. The molecule has 6 nitrogen and oxygen atoms in total. The van der Waals surface area contributed by atoms with Gasteiger partial charge >= 0.3 is 0 Å². The number of aryl methyl sites for hydroxylation is 1. The molecular weight excluding hydrogens is 342 g/mol. The van der Waals surface area contributed by atoms with Gasteiger partial charge in [0.05, 0.1) is 26.9 Å². The minimum Gasteiger partial charge on any atom is -0.497 e. The standard InChI is InChI=1S/C21H27N3O3/c1-15-3-4-17(20(11-15)27-14-16-9-10-26-13-16)12-23-21(22)24-18-5-7-19(25-2)8-6-18/h3-8,11,16H,9-10,12-14H2,1-2H3,(H3,22,23,24). The summed E-state index contributed by atoms with van der Waals surface area (Å²) in [5, 5.41) is 3.09. The number of anilines is 1. The zero-order valence-electron chi connectivity index (χ0n) is 15.9. The molecule has 3 N–H and O–H groups in total. The van der Waals surface area contributed by atoms with Crippen LogP contribution in [-0.2, 0) is 11.3 Å². The number of nitrogens with two attached hydrogens (primary N) is 1. The van der Waals surface area contributed by atoms with Crippen molar-refractivity contribution in [2.75, 3.05) is 32.2 Å². The molecule has 0 bridgehead atoms. The number of nitrogens with one attached hydrogen (secondary N) is 1. The van der Waals surface area contributed by atoms with Crippen LogP contribution in [0.25, 0.3) is 0 Å². The van der Waals surface area contributed by atoms with E-state index in [1.807, 2.05) is 36.4 Å². The predicted molar refractivity (Wildman–Crippen MR) is 108 cm³/mol. The largest absolute Gasteiger partial charge is 0.497 e. The van der Waals surface area contributed by atoms with E-state index in [0.29, 0.717) is 25.0 Å². The van der Waals surface area contributed by atoms with Crippen molar-refractivity contribution < 1.29 is 14.2 Å². The number of guanidine groups is 1. The van der Waals surface area contributed by atoms with Crippen molar-refractivity contribution in [3.8, 4) is 11.5 Å². The van der Waals surface area contributed by atoms with Crippen LogP contribution >= 0.6 is 0 Å². The molecule has 2 aromatic carbocycles. The number of aliphatic imine (C=N–C) groups is 1. The van der Waals surface area contributed by atoms with Gasteiger partial charge in [-0.25, -0.2) is 4.99 Å². The van der Waals surface area contributed by atoms with Gasteiger partial charge in [0.25, 0.3) is 0 Å². The van der Waals surface area contributed by atoms with Crippen molar-refractivity contribution in [3.63, 3.8) is 0 Å². The Kier molecular flexibility index (Phi) is 6.54. The van der Waals surface area contributed by atoms with Crippen LogP contribution in [0, 0.1) is 12.8 Å². The third-order valence-corrected chi connectivity index (χ3v) is 4.50. The molecule has 0 radical (unpaired) electrons. The van der Waals surface area contributed by atoms with Gasteiger partial charge in [-0.05, 0) is 49.2 Å². The van der Waals surface area contributed by atoms with Crippen molar-refractivity contribution in [1.82, 2.24) is 0 Å². The summed E-state index contributed by atoms with van der Waals surface area (Å²) in [6, 6.07) is 13.7. The van der Waals surface area contributed by atoms with E-state index < -0.39 is 0 Å². The Labute approximate surface area is 160 Å². The van der Waals surface area contributed by atoms with Crippen LogP contribution in [-0.4, -0.2) is 32.9 Å². The maximum absolute atomic E-state index is 6.05. The maximum Gasteiger partial charge on any atom is 0.193 e. The molecule has 0 spiro atoms. The molecule has 1 saturated heterocycles. The Bertz CT molecular complexity index is 769. The van der Waals surface area contributed by atoms with E-state index >= 15 is 0 Å². The summed E-state index contributed by atoms with van der Waals surface area (Å²) < 4.78 is 16.6. The molecule has 1 heterocycles. The van der Waals surface area contributed by atoms with Crippen molar-refractivity contribution >= 4 is 11.6 Å². The van der Waals surface area contributed by atoms with Crippen LogP contribution in [0.1, 0.15) is 17.5 Å². The van der Waals surface area contributed by atoms with Crippen LogP contribution in [0.15, 0.2) is 47.5 Å². The Hall–Kier alpha value is -2.73. The first kappa shape index (κ1) is 19.0. The van der Waals surface area contributed by atoms with E-state index in [-0.39, 0.29) is 0 Å². The lowest BCUT2D eigenvalue weighted by atomic mass is 10.1. The highest BCUT2D eigenvalue weighted by molar-refractivity contribution is 5.92. The molecule has 2 aromatic rings. The Morgan fingerprint density at radius 1 is 1.26 bits per heavy atom. The summed E-state index contributed by atoms with van der Waals surface area (Å²) in [6.07, 6.45) is 1.05. The molecule has 6 heteroatoms. The predicted octanol–water partition coefficient (Wildman–Crippen LogP) is 3.35. The SMILES string of the molecule is COc1ccc(NC(N)=NCc2ccc(C)cc2OCC2CCOC2)cc1. The first-order valence-corrected chi connectivity index (χ1v) is 9.15. The number of methoxy groups -OCH3 is 1. The van der Waals surface area contributed by atoms with E-state index in [2.05, 4.69) is 23.3 Å². The molecule has 0 amide bonds. The number of hydrogen-bond donors (Lipinski definition) is 2. The zero-order valence-corrected chi connectivity index (χ0v) is 15.9. The Morgan fingerprint density at radius 2 is 2.07 bits per heavy atom. The second kappa shape index (κ2) is 9.28. The molecule has 3 rings (SSSR count). The third kappa shape index (κ3) is 5.62. The number of ether oxygens (including phenoxy) is 3. The maximum atomic E-state index is 6.05. The summed E-state index contributed by atoms with van der Waals surface area (Å²) in [6.45, 7) is 4.77. The number of rotatable bonds is 7. The van der Waals surface area contributed by atoms with Crippen LogP contribution in [0.4, 0.5) is 5.69 Å². The van der Waals surface area contributed by atoms with Crippen LogP contribution in [0.3, 0.4) is 0 Å². The molecule has 1 unspecified atom stereocenters. The van der Waals surface area contributed by atoms with Gasteiger partial charge in [0.15, 0.2) is 5.96 Å². The lowest BCUT2D eigenvalue weighted by Crippen LogP contribution is -2.22. The molecule has 0 aromatic heterocycles. The molecule has 1 aliphatic rings. The molecule has 1 fully saturated rings. The Balaban J connectivity index is 1.61. The van der Waals surface area contributed by atoms with E-state index in [0.717, 1.165) is 47.9 Å². The average molecular weight is 369 g/mol. The molecule has 144 valence electrons. The fourth-order valence-electron chi connectivity index (χ4n) is 2.88. The quantitative estimate of drug-likeness (QED) is 0.578. The van der Waals surface area contributed by atoms with Gasteiger partial charge in [-0.3, -0.25) is 0 Å². The molecule has 1 aliphatic heterocycles. The summed E-state index contributed by atoms with van der Waals surface area (Å²) >= 11 is 0. The Morgan fingerprint density at radius 3 is 2.78 bits per heavy atom. The highest BCUT2D eigenvalue weighted by Gasteiger charge is 2.17. The summed E-state index contributed by atoms with van der Waals surface area (Å²) in [4.78, 5) is 4.45. The highest BCUT2D eigenvalue weighted by Crippen LogP contribution is 2.23. The lowest BCUT2D eigenvalue weighted by Gasteiger charge is -2.14. The minimum atomic E-state index is 0.357. The molecule has 0 saturated carbocycles. The van der Waals surface area contributed by atoms with Gasteiger partial charge in [0.2, 0.25) is 0 Å². The van der Waals surface area contributed by atoms with Crippen molar-refractivity contribution in [2.45, 2.75) is 19.9 Å². The van der Waals surface area contributed by atoms with Gasteiger partial charge in [0.1, 0.15) is 11.5 Å². The number of hydrogen-bond acceptors (Lipinski definition) is 4. The van der Waals surface area contributed by atoms with Crippen molar-refractivity contribution in [1.29, 1.82) is 0 Å². The fraction of sp³-hybridized carbons (Fsp3) is 0.381. The minimum absolute atomic E-state index is 0.357. The van der Waals surface area contributed by atoms with Gasteiger partial charge < -0.3 is 25.3 Å². The van der Waals surface area contributed by atoms with E-state index in [1.165, 1.54) is 0 Å². The highest BCUT2D eigenvalue weighted by atomic mass is 16.5. The van der Waals surface area contributed by atoms with Crippen molar-refractivity contribution in [2.24, 2.45) is 16.6 Å². The summed E-state index contributed by atoms with van der Waals surface area (Å²) in [7, 11) is 1.64. The van der Waals surface area contributed by atoms with Crippen LogP contribution in [0.5, 0.6) is 11.5 Å². The molecule has 0 aliphatic carbocycles. The van der Waals surface area contributed by atoms with Crippen LogP contribution in [0.2, 0.25) is 0 Å². The topological polar surface area (TPSA) is 78.1 Å². The monoisotopic (exact) mass is 369 g/mol. The normalized spacial score (nSPS) is 17.0. The van der Waals surface area contributed by atoms with Gasteiger partial charge in [0, 0.05) is 23.8 Å². The lowest BCUT2D eigenvalue weighted by molar-refractivity contribution is 0.166. The zero-order chi connectivity index (χ0) is 19.1. The van der Waals surface area contributed by atoms with Crippen LogP contribution < -0.4 is 20.5 Å². The summed E-state index contributed by atoms with van der Waals surface area (Å²) in [5.41, 5.74) is 9.06. The summed E-state index contributed by atoms with van der Waals surface area (Å²) in [5.74, 6) is 2.48. The number of nitrogens with zero attached hydrogens (tertiary/aromatic N) is 1. The van der Waals surface area contributed by atoms with Gasteiger partial charge in [-0.2, -0.15) is 0 Å². The average Bonchev–Trinajstić information content (AvgIpc) is 3.20. The second-order valence-electron chi connectivity index (χ2n) is 6.71. The van der Waals surface area contributed by atoms with Crippen molar-refractivity contribution in [3.05, 3.63) is 53.6 Å². The van der Waals surface area contributed by atoms with E-state index in [9.17, 15) is 0 Å². The number of benzene rings is 2. The van der Waals surface area contributed by atoms with E-state index in [4.69, 9.17) is 19.9 Å².